The van der Waals surface area contributed by atoms with Crippen LogP contribution in [0.25, 0.3) is 11.0 Å². The predicted octanol–water partition coefficient (Wildman–Crippen LogP) is 4.86. The van der Waals surface area contributed by atoms with Crippen LogP contribution in [0.15, 0.2) is 71.5 Å². The van der Waals surface area contributed by atoms with Gasteiger partial charge in [0.15, 0.2) is 0 Å². The van der Waals surface area contributed by atoms with E-state index in [2.05, 4.69) is 10.3 Å². The summed E-state index contributed by atoms with van der Waals surface area (Å²) in [6, 6.07) is 21.2. The summed E-state index contributed by atoms with van der Waals surface area (Å²) in [5.41, 5.74) is 6.88. The number of hydrogen-bond acceptors (Lipinski definition) is 3. The second-order valence-corrected chi connectivity index (χ2v) is 8.32. The number of carbonyl (C=O) groups is 1. The average molecular weight is 426 g/mol. The van der Waals surface area contributed by atoms with Crippen LogP contribution in [0.5, 0.6) is 0 Å². The van der Waals surface area contributed by atoms with Crippen LogP contribution in [0, 0.1) is 20.8 Å². The predicted molar refractivity (Wildman–Crippen MR) is 128 cm³/mol. The van der Waals surface area contributed by atoms with Gasteiger partial charge in [-0.1, -0.05) is 42.5 Å². The Morgan fingerprint density at radius 2 is 1.62 bits per heavy atom. The Bertz CT molecular complexity index is 1340. The molecular weight excluding hydrogens is 398 g/mol. The number of carbonyl (C=O) groups excluding carboxylic acids is 1. The molecular formula is C27H27N3O2. The minimum absolute atomic E-state index is 0.0835. The molecule has 0 fully saturated rings. The number of rotatable bonds is 5. The molecule has 0 saturated carbocycles. The number of aromatic nitrogens is 2. The van der Waals surface area contributed by atoms with Gasteiger partial charge >= 0.3 is 0 Å². The van der Waals surface area contributed by atoms with Crippen LogP contribution in [-0.4, -0.2) is 15.5 Å². The molecule has 1 heterocycles. The number of aryl methyl sites for hydroxylation is 3. The van der Waals surface area contributed by atoms with Gasteiger partial charge in [0, 0.05) is 5.56 Å². The van der Waals surface area contributed by atoms with Gasteiger partial charge in [-0.15, -0.1) is 0 Å². The molecule has 0 unspecified atom stereocenters. The highest BCUT2D eigenvalue weighted by atomic mass is 16.1. The normalized spacial score (nSPS) is 12.0. The monoisotopic (exact) mass is 425 g/mol. The third-order valence-electron chi connectivity index (χ3n) is 5.93. The third-order valence-corrected chi connectivity index (χ3v) is 5.93. The van der Waals surface area contributed by atoms with Crippen molar-refractivity contribution in [2.24, 2.45) is 0 Å². The minimum Gasteiger partial charge on any atom is -0.346 e. The molecule has 1 atom stereocenters. The first-order valence-electron chi connectivity index (χ1n) is 10.8. The van der Waals surface area contributed by atoms with Gasteiger partial charge in [0.2, 0.25) is 0 Å². The lowest BCUT2D eigenvalue weighted by molar-refractivity contribution is 0.0940. The lowest BCUT2D eigenvalue weighted by Crippen LogP contribution is -2.27. The van der Waals surface area contributed by atoms with Crippen LogP contribution in [-0.2, 0) is 6.54 Å². The molecule has 0 aliphatic rings. The standard InChI is InChI=1S/C27H27N3O2/c1-17-14-24-25(15-18(17)2)30(27(32)20(4)28-24)16-21-10-12-23(13-11-21)26(31)29-19(3)22-8-6-5-7-9-22/h5-15,19H,16H2,1-4H3,(H,29,31)/t19-/m1/s1. The summed E-state index contributed by atoms with van der Waals surface area (Å²) in [6.07, 6.45) is 0. The van der Waals surface area contributed by atoms with Crippen molar-refractivity contribution in [2.45, 2.75) is 40.3 Å². The Kier molecular flexibility index (Phi) is 5.91. The second kappa shape index (κ2) is 8.79. The SMILES string of the molecule is Cc1cc2nc(C)c(=O)n(Cc3ccc(C(=O)N[C@H](C)c4ccccc4)cc3)c2cc1C. The van der Waals surface area contributed by atoms with E-state index in [4.69, 9.17) is 0 Å². The first-order valence-corrected chi connectivity index (χ1v) is 10.8. The van der Waals surface area contributed by atoms with Crippen molar-refractivity contribution in [1.29, 1.82) is 0 Å². The van der Waals surface area contributed by atoms with Crippen molar-refractivity contribution in [3.8, 4) is 0 Å². The maximum Gasteiger partial charge on any atom is 0.272 e. The highest BCUT2D eigenvalue weighted by molar-refractivity contribution is 5.94. The zero-order valence-electron chi connectivity index (χ0n) is 18.8. The molecule has 0 saturated heterocycles. The van der Waals surface area contributed by atoms with Crippen molar-refractivity contribution in [3.05, 3.63) is 111 Å². The lowest BCUT2D eigenvalue weighted by atomic mass is 10.1. The molecule has 0 radical (unpaired) electrons. The Balaban J connectivity index is 1.57. The smallest absolute Gasteiger partial charge is 0.272 e. The van der Waals surface area contributed by atoms with Crippen LogP contribution in [0.3, 0.4) is 0 Å². The van der Waals surface area contributed by atoms with E-state index in [1.54, 1.807) is 23.6 Å². The van der Waals surface area contributed by atoms with Gasteiger partial charge in [-0.25, -0.2) is 4.98 Å². The van der Waals surface area contributed by atoms with Gasteiger partial charge in [-0.05, 0) is 74.2 Å². The molecule has 0 bridgehead atoms. The van der Waals surface area contributed by atoms with Gasteiger partial charge in [-0.2, -0.15) is 0 Å². The number of fused-ring (bicyclic) bond motifs is 1. The first-order chi connectivity index (χ1) is 15.3. The number of nitrogens with one attached hydrogen (secondary N) is 1. The molecule has 4 aromatic rings. The molecule has 1 N–H and O–H groups in total. The summed E-state index contributed by atoms with van der Waals surface area (Å²) in [7, 11) is 0. The highest BCUT2D eigenvalue weighted by Crippen LogP contribution is 2.18. The molecule has 0 spiro atoms. The fraction of sp³-hybridized carbons (Fsp3) is 0.222. The zero-order chi connectivity index (χ0) is 22.8. The van der Waals surface area contributed by atoms with E-state index in [1.807, 2.05) is 75.4 Å². The maximum atomic E-state index is 12.9. The number of hydrogen-bond donors (Lipinski definition) is 1. The van der Waals surface area contributed by atoms with Crippen LogP contribution >= 0.6 is 0 Å². The van der Waals surface area contributed by atoms with Crippen molar-refractivity contribution in [2.75, 3.05) is 0 Å². The summed E-state index contributed by atoms with van der Waals surface area (Å²) in [4.78, 5) is 30.0. The Hall–Kier alpha value is -3.73. The molecule has 0 aliphatic heterocycles. The third kappa shape index (κ3) is 4.33. The molecule has 5 heteroatoms. The maximum absolute atomic E-state index is 12.9. The fourth-order valence-corrected chi connectivity index (χ4v) is 3.83. The lowest BCUT2D eigenvalue weighted by Gasteiger charge is -2.15. The summed E-state index contributed by atoms with van der Waals surface area (Å²) in [5, 5.41) is 3.03. The van der Waals surface area contributed by atoms with Crippen LogP contribution < -0.4 is 10.9 Å². The Morgan fingerprint density at radius 3 is 2.31 bits per heavy atom. The molecule has 32 heavy (non-hydrogen) atoms. The van der Waals surface area contributed by atoms with Gasteiger partial charge in [-0.3, -0.25) is 9.59 Å². The van der Waals surface area contributed by atoms with E-state index in [0.29, 0.717) is 17.8 Å². The van der Waals surface area contributed by atoms with E-state index in [1.165, 1.54) is 0 Å². The minimum atomic E-state index is -0.124. The molecule has 5 nitrogen and oxygen atoms in total. The average Bonchev–Trinajstić information content (AvgIpc) is 2.79. The first kappa shape index (κ1) is 21.5. The molecule has 3 aromatic carbocycles. The largest absolute Gasteiger partial charge is 0.346 e. The number of amides is 1. The van der Waals surface area contributed by atoms with Crippen LogP contribution in [0.4, 0.5) is 0 Å². The summed E-state index contributed by atoms with van der Waals surface area (Å²) >= 11 is 0. The van der Waals surface area contributed by atoms with Gasteiger partial charge in [0.25, 0.3) is 11.5 Å². The summed E-state index contributed by atoms with van der Waals surface area (Å²) < 4.78 is 1.76. The topological polar surface area (TPSA) is 64.0 Å². The van der Waals surface area contributed by atoms with Gasteiger partial charge in [0.1, 0.15) is 5.69 Å². The molecule has 162 valence electrons. The molecule has 1 aromatic heterocycles. The second-order valence-electron chi connectivity index (χ2n) is 8.32. The van der Waals surface area contributed by atoms with E-state index in [0.717, 1.165) is 33.3 Å². The van der Waals surface area contributed by atoms with E-state index >= 15 is 0 Å². The fourth-order valence-electron chi connectivity index (χ4n) is 3.83. The molecule has 1 amide bonds. The summed E-state index contributed by atoms with van der Waals surface area (Å²) in [5.74, 6) is -0.124. The number of benzene rings is 3. The zero-order valence-corrected chi connectivity index (χ0v) is 18.8. The van der Waals surface area contributed by atoms with Crippen molar-refractivity contribution >= 4 is 16.9 Å². The van der Waals surface area contributed by atoms with E-state index in [9.17, 15) is 9.59 Å². The van der Waals surface area contributed by atoms with Crippen molar-refractivity contribution in [1.82, 2.24) is 14.9 Å². The van der Waals surface area contributed by atoms with Crippen molar-refractivity contribution in [3.63, 3.8) is 0 Å². The Morgan fingerprint density at radius 1 is 0.969 bits per heavy atom. The molecule has 0 aliphatic carbocycles. The number of nitrogens with zero attached hydrogens (tertiary/aromatic N) is 2. The Labute approximate surface area is 187 Å². The van der Waals surface area contributed by atoms with Crippen molar-refractivity contribution < 1.29 is 4.79 Å². The van der Waals surface area contributed by atoms with Crippen LogP contribution in [0.1, 0.15) is 51.3 Å². The van der Waals surface area contributed by atoms with E-state index in [-0.39, 0.29) is 17.5 Å². The quantitative estimate of drug-likeness (QED) is 0.497. The van der Waals surface area contributed by atoms with Crippen LogP contribution in [0.2, 0.25) is 0 Å². The molecule has 4 rings (SSSR count). The van der Waals surface area contributed by atoms with Gasteiger partial charge in [0.05, 0.1) is 23.6 Å². The van der Waals surface area contributed by atoms with Gasteiger partial charge < -0.3 is 9.88 Å². The summed E-state index contributed by atoms with van der Waals surface area (Å²) in [6.45, 7) is 8.21. The van der Waals surface area contributed by atoms with E-state index < -0.39 is 0 Å². The highest BCUT2D eigenvalue weighted by Gasteiger charge is 2.13.